The largest absolute Gasteiger partial charge is 0.356 e. The average Bonchev–Trinajstić information content (AvgIpc) is 3.02. The standard InChI is InChI=1S/C23H30N4O2S2/c1-6-11-25(12-7-2)20-17(21(28)26-13-9-10-15(4)19(26)24-20)14-18-22(29)27(16(5)8-3)23(30)31-18/h9-10,13-14,16H,6-8,11-12H2,1-5H3/b18-14-/t16-/m1/s1. The Kier molecular flexibility index (Phi) is 7.54. The first-order valence-corrected chi connectivity index (χ1v) is 12.1. The van der Waals surface area contributed by atoms with Crippen LogP contribution in [-0.2, 0) is 4.79 Å². The highest BCUT2D eigenvalue weighted by molar-refractivity contribution is 8.26. The number of hydrogen-bond acceptors (Lipinski definition) is 6. The molecule has 1 aliphatic heterocycles. The van der Waals surface area contributed by atoms with Crippen LogP contribution in [-0.4, -0.2) is 43.6 Å². The monoisotopic (exact) mass is 458 g/mol. The summed E-state index contributed by atoms with van der Waals surface area (Å²) in [7, 11) is 0. The second-order valence-electron chi connectivity index (χ2n) is 7.84. The van der Waals surface area contributed by atoms with Crippen LogP contribution in [0.5, 0.6) is 0 Å². The molecular formula is C23H30N4O2S2. The molecule has 0 aliphatic carbocycles. The summed E-state index contributed by atoms with van der Waals surface area (Å²) in [5, 5.41) is 0. The van der Waals surface area contributed by atoms with Gasteiger partial charge in [0.1, 0.15) is 15.8 Å². The van der Waals surface area contributed by atoms with Gasteiger partial charge in [-0.05, 0) is 50.8 Å². The third kappa shape index (κ3) is 4.55. The molecule has 1 fully saturated rings. The van der Waals surface area contributed by atoms with Crippen LogP contribution in [0.15, 0.2) is 28.0 Å². The molecule has 0 spiro atoms. The summed E-state index contributed by atoms with van der Waals surface area (Å²) in [6.07, 6.45) is 6.10. The summed E-state index contributed by atoms with van der Waals surface area (Å²) in [5.74, 6) is 0.499. The number of rotatable bonds is 8. The lowest BCUT2D eigenvalue weighted by atomic mass is 10.2. The molecule has 1 atom stereocenters. The number of fused-ring (bicyclic) bond motifs is 1. The van der Waals surface area contributed by atoms with Crippen molar-refractivity contribution in [2.24, 2.45) is 0 Å². The van der Waals surface area contributed by atoms with Crippen LogP contribution >= 0.6 is 24.0 Å². The molecule has 1 amide bonds. The highest BCUT2D eigenvalue weighted by atomic mass is 32.2. The third-order valence-corrected chi connectivity index (χ3v) is 6.81. The van der Waals surface area contributed by atoms with Gasteiger partial charge in [0, 0.05) is 25.3 Å². The molecule has 31 heavy (non-hydrogen) atoms. The highest BCUT2D eigenvalue weighted by Crippen LogP contribution is 2.35. The summed E-state index contributed by atoms with van der Waals surface area (Å²) < 4.78 is 2.10. The van der Waals surface area contributed by atoms with Crippen molar-refractivity contribution in [2.75, 3.05) is 18.0 Å². The predicted molar refractivity (Wildman–Crippen MR) is 134 cm³/mol. The zero-order valence-electron chi connectivity index (χ0n) is 18.8. The van der Waals surface area contributed by atoms with Crippen LogP contribution in [0, 0.1) is 6.92 Å². The van der Waals surface area contributed by atoms with Gasteiger partial charge in [-0.15, -0.1) is 0 Å². The summed E-state index contributed by atoms with van der Waals surface area (Å²) in [6.45, 7) is 11.8. The maximum Gasteiger partial charge on any atom is 0.267 e. The summed E-state index contributed by atoms with van der Waals surface area (Å²) >= 11 is 6.72. The Labute approximate surface area is 193 Å². The lowest BCUT2D eigenvalue weighted by molar-refractivity contribution is -0.123. The van der Waals surface area contributed by atoms with E-state index in [9.17, 15) is 9.59 Å². The van der Waals surface area contributed by atoms with Crippen molar-refractivity contribution in [3.8, 4) is 0 Å². The van der Waals surface area contributed by atoms with Crippen molar-refractivity contribution < 1.29 is 4.79 Å². The van der Waals surface area contributed by atoms with Gasteiger partial charge in [-0.3, -0.25) is 18.9 Å². The molecule has 1 saturated heterocycles. The Hall–Kier alpha value is -2.19. The lowest BCUT2D eigenvalue weighted by Crippen LogP contribution is -2.36. The SMILES string of the molecule is CCCN(CCC)c1nc2c(C)cccn2c(=O)c1/C=C1\SC(=S)N([C@H](C)CC)C1=O. The van der Waals surface area contributed by atoms with Crippen molar-refractivity contribution in [1.29, 1.82) is 0 Å². The Balaban J connectivity index is 2.23. The van der Waals surface area contributed by atoms with E-state index in [1.54, 1.807) is 21.6 Å². The van der Waals surface area contributed by atoms with E-state index in [2.05, 4.69) is 18.7 Å². The van der Waals surface area contributed by atoms with E-state index in [-0.39, 0.29) is 17.5 Å². The minimum absolute atomic E-state index is 0.0213. The zero-order valence-corrected chi connectivity index (χ0v) is 20.5. The first-order valence-electron chi connectivity index (χ1n) is 10.9. The maximum absolute atomic E-state index is 13.5. The molecule has 2 aromatic rings. The van der Waals surface area contributed by atoms with Crippen molar-refractivity contribution >= 4 is 51.7 Å². The van der Waals surface area contributed by atoms with E-state index in [0.29, 0.717) is 26.3 Å². The van der Waals surface area contributed by atoms with Crippen molar-refractivity contribution in [2.45, 2.75) is 59.9 Å². The van der Waals surface area contributed by atoms with Crippen molar-refractivity contribution in [3.05, 3.63) is 44.7 Å². The fourth-order valence-electron chi connectivity index (χ4n) is 3.70. The zero-order chi connectivity index (χ0) is 22.7. The van der Waals surface area contributed by atoms with Crippen LogP contribution in [0.25, 0.3) is 11.7 Å². The third-order valence-electron chi connectivity index (χ3n) is 5.48. The van der Waals surface area contributed by atoms with Gasteiger partial charge >= 0.3 is 0 Å². The lowest BCUT2D eigenvalue weighted by Gasteiger charge is -2.25. The first kappa shape index (κ1) is 23.5. The molecule has 8 heteroatoms. The van der Waals surface area contributed by atoms with Crippen molar-refractivity contribution in [1.82, 2.24) is 14.3 Å². The number of aryl methyl sites for hydroxylation is 1. The fourth-order valence-corrected chi connectivity index (χ4v) is 5.15. The summed E-state index contributed by atoms with van der Waals surface area (Å²) in [6, 6.07) is 3.81. The van der Waals surface area contributed by atoms with Gasteiger partial charge in [0.05, 0.1) is 10.5 Å². The molecule has 0 bridgehead atoms. The topological polar surface area (TPSA) is 57.9 Å². The number of amides is 1. The van der Waals surface area contributed by atoms with Gasteiger partial charge in [-0.2, -0.15) is 0 Å². The van der Waals surface area contributed by atoms with Gasteiger partial charge in [-0.1, -0.05) is 50.8 Å². The highest BCUT2D eigenvalue weighted by Gasteiger charge is 2.35. The minimum atomic E-state index is -0.172. The molecule has 6 nitrogen and oxygen atoms in total. The first-order chi connectivity index (χ1) is 14.8. The number of thioether (sulfide) groups is 1. The van der Waals surface area contributed by atoms with Crippen LogP contribution in [0.2, 0.25) is 0 Å². The van der Waals surface area contributed by atoms with E-state index >= 15 is 0 Å². The second-order valence-corrected chi connectivity index (χ2v) is 9.51. The molecule has 0 saturated carbocycles. The Morgan fingerprint density at radius 1 is 1.23 bits per heavy atom. The number of thiocarbonyl (C=S) groups is 1. The number of pyridine rings is 1. The van der Waals surface area contributed by atoms with Crippen LogP contribution in [0.1, 0.15) is 58.1 Å². The quantitative estimate of drug-likeness (QED) is 0.425. The molecule has 0 radical (unpaired) electrons. The number of hydrogen-bond donors (Lipinski definition) is 0. The van der Waals surface area contributed by atoms with Gasteiger partial charge < -0.3 is 4.90 Å². The summed E-state index contributed by atoms with van der Waals surface area (Å²) in [5.41, 5.74) is 1.84. The molecule has 2 aromatic heterocycles. The van der Waals surface area contributed by atoms with E-state index < -0.39 is 0 Å². The molecule has 3 rings (SSSR count). The van der Waals surface area contributed by atoms with E-state index in [1.807, 2.05) is 32.9 Å². The number of aromatic nitrogens is 2. The molecule has 0 unspecified atom stereocenters. The number of carbonyl (C=O) groups excluding carboxylic acids is 1. The number of anilines is 1. The molecule has 3 heterocycles. The molecule has 0 aromatic carbocycles. The Bertz CT molecular complexity index is 1090. The van der Waals surface area contributed by atoms with E-state index in [4.69, 9.17) is 17.2 Å². The molecule has 1 aliphatic rings. The molecular weight excluding hydrogens is 428 g/mol. The van der Waals surface area contributed by atoms with E-state index in [0.717, 1.165) is 37.9 Å². The smallest absolute Gasteiger partial charge is 0.267 e. The Morgan fingerprint density at radius 2 is 1.90 bits per heavy atom. The van der Waals surface area contributed by atoms with Gasteiger partial charge in [0.15, 0.2) is 0 Å². The second kappa shape index (κ2) is 9.96. The fraction of sp³-hybridized carbons (Fsp3) is 0.478. The van der Waals surface area contributed by atoms with Crippen LogP contribution in [0.4, 0.5) is 5.82 Å². The maximum atomic E-state index is 13.5. The minimum Gasteiger partial charge on any atom is -0.356 e. The van der Waals surface area contributed by atoms with Crippen molar-refractivity contribution in [3.63, 3.8) is 0 Å². The van der Waals surface area contributed by atoms with Gasteiger partial charge in [-0.25, -0.2) is 4.98 Å². The van der Waals surface area contributed by atoms with Crippen LogP contribution in [0.3, 0.4) is 0 Å². The van der Waals surface area contributed by atoms with Gasteiger partial charge in [0.2, 0.25) is 0 Å². The molecule has 166 valence electrons. The molecule has 0 N–H and O–H groups in total. The normalized spacial score (nSPS) is 16.5. The van der Waals surface area contributed by atoms with Crippen LogP contribution < -0.4 is 10.5 Å². The number of nitrogens with zero attached hydrogens (tertiary/aromatic N) is 4. The average molecular weight is 459 g/mol. The Morgan fingerprint density at radius 3 is 2.52 bits per heavy atom. The van der Waals surface area contributed by atoms with Gasteiger partial charge in [0.25, 0.3) is 11.5 Å². The summed E-state index contributed by atoms with van der Waals surface area (Å²) in [4.78, 5) is 35.8. The number of carbonyl (C=O) groups is 1. The van der Waals surface area contributed by atoms with E-state index in [1.165, 1.54) is 11.8 Å². The predicted octanol–water partition coefficient (Wildman–Crippen LogP) is 4.63.